The number of ketones is 2. The van der Waals surface area contributed by atoms with Crippen LogP contribution in [0.5, 0.6) is 0 Å². The molecule has 13 heteroatoms. The monoisotopic (exact) mass is 556 g/mol. The highest BCUT2D eigenvalue weighted by atomic mass is 32.2. The fourth-order valence-electron chi connectivity index (χ4n) is 3.88. The van der Waals surface area contributed by atoms with Crippen LogP contribution in [-0.2, 0) is 14.9 Å². The number of fused-ring (bicyclic) bond motifs is 2. The predicted octanol–water partition coefficient (Wildman–Crippen LogP) is 1.55. The lowest BCUT2D eigenvalue weighted by molar-refractivity contribution is -0.114. The summed E-state index contributed by atoms with van der Waals surface area (Å²) in [7, 11) is -4.80. The zero-order valence-corrected chi connectivity index (χ0v) is 21.7. The SMILES string of the molecule is CC(=O)Nc1ccc(Nc2cc(S(=O)(=O)O)c(N)c3c2C(=O)c2ccccc2C3=O)cc1.OCCNCCO. The van der Waals surface area contributed by atoms with Crippen LogP contribution in [0, 0.1) is 0 Å². The number of hydrogen-bond donors (Lipinski definition) is 7. The highest BCUT2D eigenvalue weighted by Crippen LogP contribution is 2.40. The number of rotatable bonds is 8. The van der Waals surface area contributed by atoms with E-state index in [1.165, 1.54) is 19.1 Å². The largest absolute Gasteiger partial charge is 0.397 e. The van der Waals surface area contributed by atoms with Crippen LogP contribution in [-0.4, -0.2) is 67.0 Å². The quantitative estimate of drug-likeness (QED) is 0.0941. The summed E-state index contributed by atoms with van der Waals surface area (Å²) in [5.74, 6) is -1.39. The van der Waals surface area contributed by atoms with Crippen molar-refractivity contribution < 1.29 is 37.6 Å². The minimum absolute atomic E-state index is 0.0121. The van der Waals surface area contributed by atoms with Gasteiger partial charge >= 0.3 is 0 Å². The molecule has 0 fully saturated rings. The molecule has 0 radical (unpaired) electrons. The zero-order chi connectivity index (χ0) is 28.7. The molecule has 4 rings (SSSR count). The van der Waals surface area contributed by atoms with Crippen molar-refractivity contribution in [2.75, 3.05) is 42.7 Å². The Morgan fingerprint density at radius 1 is 0.872 bits per heavy atom. The summed E-state index contributed by atoms with van der Waals surface area (Å²) < 4.78 is 33.5. The topological polar surface area (TPSA) is 208 Å². The Bertz CT molecular complexity index is 1500. The molecule has 12 nitrogen and oxygen atoms in total. The lowest BCUT2D eigenvalue weighted by Crippen LogP contribution is -2.25. The van der Waals surface area contributed by atoms with Gasteiger partial charge in [-0.05, 0) is 30.3 Å². The van der Waals surface area contributed by atoms with Crippen LogP contribution >= 0.6 is 0 Å². The van der Waals surface area contributed by atoms with E-state index in [9.17, 15) is 27.4 Å². The van der Waals surface area contributed by atoms with Gasteiger partial charge in [0.15, 0.2) is 11.6 Å². The van der Waals surface area contributed by atoms with E-state index in [-0.39, 0.29) is 47.1 Å². The summed E-state index contributed by atoms with van der Waals surface area (Å²) in [6.45, 7) is 2.78. The van der Waals surface area contributed by atoms with Gasteiger partial charge in [-0.25, -0.2) is 0 Å². The Balaban J connectivity index is 0.000000532. The van der Waals surface area contributed by atoms with Gasteiger partial charge in [-0.3, -0.25) is 18.9 Å². The first-order valence-electron chi connectivity index (χ1n) is 11.7. The van der Waals surface area contributed by atoms with Crippen LogP contribution < -0.4 is 21.7 Å². The van der Waals surface area contributed by atoms with Gasteiger partial charge < -0.3 is 31.9 Å². The molecule has 1 amide bonds. The van der Waals surface area contributed by atoms with Crippen molar-refractivity contribution in [3.63, 3.8) is 0 Å². The van der Waals surface area contributed by atoms with Crippen LogP contribution in [0.15, 0.2) is 59.5 Å². The minimum atomic E-state index is -4.80. The Labute approximate surface area is 224 Å². The molecule has 0 aromatic heterocycles. The lowest BCUT2D eigenvalue weighted by atomic mass is 9.82. The molecule has 0 saturated carbocycles. The first-order valence-corrected chi connectivity index (χ1v) is 13.1. The van der Waals surface area contributed by atoms with Crippen molar-refractivity contribution in [3.8, 4) is 0 Å². The van der Waals surface area contributed by atoms with E-state index in [2.05, 4.69) is 16.0 Å². The summed E-state index contributed by atoms with van der Waals surface area (Å²) in [4.78, 5) is 36.9. The van der Waals surface area contributed by atoms with E-state index in [0.717, 1.165) is 6.07 Å². The van der Waals surface area contributed by atoms with Gasteiger partial charge in [0, 0.05) is 42.5 Å². The average molecular weight is 557 g/mol. The number of nitrogens with two attached hydrogens (primary N) is 1. The van der Waals surface area contributed by atoms with Gasteiger partial charge in [-0.2, -0.15) is 8.42 Å². The second-order valence-corrected chi connectivity index (χ2v) is 9.74. The number of hydrogen-bond acceptors (Lipinski definition) is 10. The molecule has 3 aromatic carbocycles. The van der Waals surface area contributed by atoms with Crippen LogP contribution in [0.4, 0.5) is 22.7 Å². The molecule has 3 aromatic rings. The fourth-order valence-corrected chi connectivity index (χ4v) is 4.53. The zero-order valence-electron chi connectivity index (χ0n) is 20.9. The van der Waals surface area contributed by atoms with E-state index < -0.39 is 32.3 Å². The van der Waals surface area contributed by atoms with Crippen molar-refractivity contribution in [1.82, 2.24) is 5.32 Å². The Morgan fingerprint density at radius 3 is 1.87 bits per heavy atom. The molecular weight excluding hydrogens is 528 g/mol. The number of nitrogen functional groups attached to an aromatic ring is 1. The number of amides is 1. The molecule has 39 heavy (non-hydrogen) atoms. The summed E-state index contributed by atoms with van der Waals surface area (Å²) in [6, 6.07) is 13.5. The Morgan fingerprint density at radius 2 is 1.38 bits per heavy atom. The van der Waals surface area contributed by atoms with Crippen LogP contribution in [0.25, 0.3) is 0 Å². The smallest absolute Gasteiger partial charge is 0.296 e. The summed E-state index contributed by atoms with van der Waals surface area (Å²) >= 11 is 0. The maximum absolute atomic E-state index is 13.2. The first-order chi connectivity index (χ1) is 18.5. The average Bonchev–Trinajstić information content (AvgIpc) is 2.89. The van der Waals surface area contributed by atoms with Gasteiger partial charge in [0.25, 0.3) is 10.1 Å². The predicted molar refractivity (Wildman–Crippen MR) is 145 cm³/mol. The molecule has 0 aliphatic heterocycles. The van der Waals surface area contributed by atoms with Gasteiger partial charge in [-0.15, -0.1) is 0 Å². The van der Waals surface area contributed by atoms with Gasteiger partial charge in [0.2, 0.25) is 5.91 Å². The number of nitrogens with one attached hydrogen (secondary N) is 3. The van der Waals surface area contributed by atoms with E-state index in [1.807, 2.05) is 0 Å². The van der Waals surface area contributed by atoms with E-state index in [0.29, 0.717) is 24.5 Å². The van der Waals surface area contributed by atoms with Crippen LogP contribution in [0.3, 0.4) is 0 Å². The molecule has 206 valence electrons. The van der Waals surface area contributed by atoms with Crippen molar-refractivity contribution in [2.45, 2.75) is 11.8 Å². The molecule has 0 heterocycles. The highest BCUT2D eigenvalue weighted by molar-refractivity contribution is 7.86. The first kappa shape index (κ1) is 29.4. The normalized spacial score (nSPS) is 12.1. The highest BCUT2D eigenvalue weighted by Gasteiger charge is 2.36. The summed E-state index contributed by atoms with van der Waals surface area (Å²) in [5.41, 5.74) is 6.27. The van der Waals surface area contributed by atoms with Gasteiger partial charge in [0.05, 0.1) is 35.7 Å². The summed E-state index contributed by atoms with van der Waals surface area (Å²) in [6.07, 6.45) is 0. The van der Waals surface area contributed by atoms with E-state index in [4.69, 9.17) is 15.9 Å². The third kappa shape index (κ3) is 6.85. The second kappa shape index (κ2) is 12.6. The van der Waals surface area contributed by atoms with Crippen LogP contribution in [0.2, 0.25) is 0 Å². The minimum Gasteiger partial charge on any atom is -0.397 e. The van der Waals surface area contributed by atoms with Crippen molar-refractivity contribution >= 4 is 50.3 Å². The molecule has 8 N–H and O–H groups in total. The summed E-state index contributed by atoms with van der Waals surface area (Å²) in [5, 5.41) is 24.6. The maximum atomic E-state index is 13.2. The third-order valence-corrected chi connectivity index (χ3v) is 6.43. The Hall–Kier alpha value is -4.14. The van der Waals surface area contributed by atoms with Gasteiger partial charge in [0.1, 0.15) is 4.90 Å². The molecule has 1 aliphatic rings. The molecule has 0 bridgehead atoms. The molecule has 0 unspecified atom stereocenters. The second-order valence-electron chi connectivity index (χ2n) is 8.35. The van der Waals surface area contributed by atoms with E-state index >= 15 is 0 Å². The molecular formula is C26H28N4O8S. The number of carbonyl (C=O) groups is 3. The number of carbonyl (C=O) groups excluding carboxylic acids is 3. The number of aliphatic hydroxyl groups is 2. The van der Waals surface area contributed by atoms with Crippen molar-refractivity contribution in [2.24, 2.45) is 0 Å². The van der Waals surface area contributed by atoms with Crippen LogP contribution in [0.1, 0.15) is 38.8 Å². The number of benzene rings is 3. The van der Waals surface area contributed by atoms with E-state index in [1.54, 1.807) is 36.4 Å². The molecule has 0 saturated heterocycles. The molecule has 0 spiro atoms. The lowest BCUT2D eigenvalue weighted by Gasteiger charge is -2.23. The number of anilines is 4. The van der Waals surface area contributed by atoms with Crippen molar-refractivity contribution in [1.29, 1.82) is 0 Å². The molecule has 0 atom stereocenters. The Kier molecular flexibility index (Phi) is 9.51. The standard InChI is InChI=1S/C22H17N3O6S.C4H11NO2/c1-11(26)24-12-6-8-13(9-7-12)25-16-10-17(32(29,30)31)20(23)19-18(16)21(27)14-4-2-3-5-15(14)22(19)28;6-3-1-5-2-4-7/h2-10,25H,23H2,1H3,(H,24,26)(H,29,30,31);5-7H,1-4H2. The fraction of sp³-hybridized carbons (Fsp3) is 0.192. The molecule has 1 aliphatic carbocycles. The third-order valence-electron chi connectivity index (χ3n) is 5.54. The van der Waals surface area contributed by atoms with Gasteiger partial charge in [-0.1, -0.05) is 24.3 Å². The maximum Gasteiger partial charge on any atom is 0.296 e. The van der Waals surface area contributed by atoms with Crippen molar-refractivity contribution in [3.05, 3.63) is 76.9 Å². The number of aliphatic hydroxyl groups excluding tert-OH is 2.